The van der Waals surface area contributed by atoms with Crippen LogP contribution in [0, 0.1) is 13.8 Å². The highest BCUT2D eigenvalue weighted by Crippen LogP contribution is 2.24. The van der Waals surface area contributed by atoms with Crippen LogP contribution in [0.1, 0.15) is 23.1 Å². The van der Waals surface area contributed by atoms with Crippen molar-refractivity contribution < 1.29 is 14.6 Å². The molecule has 112 valence electrons. The van der Waals surface area contributed by atoms with Crippen molar-refractivity contribution in [3.63, 3.8) is 0 Å². The van der Waals surface area contributed by atoms with Crippen molar-refractivity contribution >= 4 is 17.7 Å². The van der Waals surface area contributed by atoms with E-state index in [0.29, 0.717) is 13.0 Å². The Morgan fingerprint density at radius 1 is 1.40 bits per heavy atom. The summed E-state index contributed by atoms with van der Waals surface area (Å²) in [7, 11) is 1.66. The van der Waals surface area contributed by atoms with Crippen LogP contribution in [0.3, 0.4) is 0 Å². The van der Waals surface area contributed by atoms with Crippen molar-refractivity contribution in [1.29, 1.82) is 0 Å². The summed E-state index contributed by atoms with van der Waals surface area (Å²) >= 11 is 1.66. The Morgan fingerprint density at radius 2 is 2.00 bits per heavy atom. The molecule has 0 aromatic heterocycles. The molecule has 20 heavy (non-hydrogen) atoms. The molecule has 2 N–H and O–H groups in total. The van der Waals surface area contributed by atoms with Gasteiger partial charge in [-0.25, -0.2) is 0 Å². The molecule has 0 heterocycles. The Kier molecular flexibility index (Phi) is 6.88. The molecule has 0 aliphatic heterocycles. The van der Waals surface area contributed by atoms with E-state index in [1.54, 1.807) is 18.9 Å². The molecule has 1 atom stereocenters. The lowest BCUT2D eigenvalue weighted by Gasteiger charge is -2.16. The van der Waals surface area contributed by atoms with Gasteiger partial charge in [-0.2, -0.15) is 11.8 Å². The number of carbonyl (C=O) groups is 1. The third kappa shape index (κ3) is 4.72. The SMILES string of the molecule is COc1c(C)cc(CN[C@H](CCSC)C(=O)O)cc1C. The zero-order chi connectivity index (χ0) is 15.1. The Balaban J connectivity index is 2.70. The van der Waals surface area contributed by atoms with Crippen LogP contribution in [0.5, 0.6) is 5.75 Å². The number of rotatable bonds is 8. The standard InChI is InChI=1S/C15H23NO3S/c1-10-7-12(8-11(2)14(10)19-3)9-16-13(15(17)18)5-6-20-4/h7-8,13,16H,5-6,9H2,1-4H3,(H,17,18)/t13-/m1/s1. The molecule has 4 nitrogen and oxygen atoms in total. The lowest BCUT2D eigenvalue weighted by molar-refractivity contribution is -0.139. The molecule has 0 aliphatic carbocycles. The normalized spacial score (nSPS) is 12.2. The van der Waals surface area contributed by atoms with Gasteiger partial charge in [-0.3, -0.25) is 4.79 Å². The van der Waals surface area contributed by atoms with E-state index in [2.05, 4.69) is 5.32 Å². The Labute approximate surface area is 124 Å². The van der Waals surface area contributed by atoms with Crippen molar-refractivity contribution in [2.45, 2.75) is 32.9 Å². The van der Waals surface area contributed by atoms with Gasteiger partial charge >= 0.3 is 5.97 Å². The van der Waals surface area contributed by atoms with Gasteiger partial charge in [0.1, 0.15) is 11.8 Å². The van der Waals surface area contributed by atoms with Gasteiger partial charge in [0.05, 0.1) is 7.11 Å². The molecule has 0 saturated carbocycles. The first-order valence-corrected chi connectivity index (χ1v) is 7.98. The van der Waals surface area contributed by atoms with Crippen molar-refractivity contribution in [1.82, 2.24) is 5.32 Å². The predicted molar refractivity (Wildman–Crippen MR) is 83.7 cm³/mol. The van der Waals surface area contributed by atoms with Crippen LogP contribution in [0.25, 0.3) is 0 Å². The van der Waals surface area contributed by atoms with Gasteiger partial charge in [-0.15, -0.1) is 0 Å². The van der Waals surface area contributed by atoms with E-state index < -0.39 is 12.0 Å². The molecule has 0 unspecified atom stereocenters. The fraction of sp³-hybridized carbons (Fsp3) is 0.533. The van der Waals surface area contributed by atoms with Gasteiger partial charge in [0.2, 0.25) is 0 Å². The molecule has 0 saturated heterocycles. The summed E-state index contributed by atoms with van der Waals surface area (Å²) < 4.78 is 5.33. The molecule has 0 radical (unpaired) electrons. The van der Waals surface area contributed by atoms with E-state index in [1.807, 2.05) is 32.2 Å². The predicted octanol–water partition coefficient (Wildman–Crippen LogP) is 2.61. The van der Waals surface area contributed by atoms with E-state index in [4.69, 9.17) is 4.74 Å². The summed E-state index contributed by atoms with van der Waals surface area (Å²) in [6.07, 6.45) is 2.61. The van der Waals surface area contributed by atoms with Gasteiger partial charge in [0.25, 0.3) is 0 Å². The molecule has 1 aromatic rings. The zero-order valence-corrected chi connectivity index (χ0v) is 13.3. The van der Waals surface area contributed by atoms with Crippen molar-refractivity contribution in [3.8, 4) is 5.75 Å². The summed E-state index contributed by atoms with van der Waals surface area (Å²) in [5.74, 6) is 0.942. The molecule has 0 amide bonds. The summed E-state index contributed by atoms with van der Waals surface area (Å²) in [5.41, 5.74) is 3.22. The van der Waals surface area contributed by atoms with E-state index in [0.717, 1.165) is 28.2 Å². The number of thioether (sulfide) groups is 1. The highest BCUT2D eigenvalue weighted by molar-refractivity contribution is 7.98. The van der Waals surface area contributed by atoms with Crippen molar-refractivity contribution in [2.75, 3.05) is 19.1 Å². The average molecular weight is 297 g/mol. The van der Waals surface area contributed by atoms with E-state index in [-0.39, 0.29) is 0 Å². The summed E-state index contributed by atoms with van der Waals surface area (Å²) in [4.78, 5) is 11.2. The van der Waals surface area contributed by atoms with Gasteiger partial charge < -0.3 is 15.2 Å². The minimum absolute atomic E-state index is 0.495. The Morgan fingerprint density at radius 3 is 2.45 bits per heavy atom. The quantitative estimate of drug-likeness (QED) is 0.772. The second kappa shape index (κ2) is 8.17. The van der Waals surface area contributed by atoms with E-state index in [9.17, 15) is 9.90 Å². The van der Waals surface area contributed by atoms with Crippen LogP contribution >= 0.6 is 11.8 Å². The lowest BCUT2D eigenvalue weighted by atomic mass is 10.1. The number of hydrogen-bond acceptors (Lipinski definition) is 4. The van der Waals surface area contributed by atoms with Crippen molar-refractivity contribution in [2.24, 2.45) is 0 Å². The van der Waals surface area contributed by atoms with E-state index in [1.165, 1.54) is 0 Å². The van der Waals surface area contributed by atoms with Gasteiger partial charge in [0.15, 0.2) is 0 Å². The second-order valence-electron chi connectivity index (χ2n) is 4.82. The molecule has 0 aliphatic rings. The molecule has 0 fully saturated rings. The number of carboxylic acids is 1. The summed E-state index contributed by atoms with van der Waals surface area (Å²) in [6.45, 7) is 4.55. The molecule has 1 aromatic carbocycles. The smallest absolute Gasteiger partial charge is 0.320 e. The maximum atomic E-state index is 11.2. The van der Waals surface area contributed by atoms with Gasteiger partial charge in [-0.05, 0) is 49.0 Å². The maximum absolute atomic E-state index is 11.2. The van der Waals surface area contributed by atoms with Crippen LogP contribution < -0.4 is 10.1 Å². The summed E-state index contributed by atoms with van der Waals surface area (Å²) in [6, 6.07) is 3.57. The molecule has 0 spiro atoms. The number of nitrogens with one attached hydrogen (secondary N) is 1. The Hall–Kier alpha value is -1.20. The first-order valence-electron chi connectivity index (χ1n) is 6.58. The zero-order valence-electron chi connectivity index (χ0n) is 12.5. The first-order chi connectivity index (χ1) is 9.49. The van der Waals surface area contributed by atoms with Crippen LogP contribution in [0.15, 0.2) is 12.1 Å². The third-order valence-electron chi connectivity index (χ3n) is 3.19. The Bertz CT molecular complexity index is 439. The fourth-order valence-electron chi connectivity index (χ4n) is 2.25. The second-order valence-corrected chi connectivity index (χ2v) is 5.80. The van der Waals surface area contributed by atoms with Gasteiger partial charge in [-0.1, -0.05) is 12.1 Å². The summed E-state index contributed by atoms with van der Waals surface area (Å²) in [5, 5.41) is 12.3. The topological polar surface area (TPSA) is 58.6 Å². The third-order valence-corrected chi connectivity index (χ3v) is 3.83. The lowest BCUT2D eigenvalue weighted by Crippen LogP contribution is -2.36. The number of benzene rings is 1. The molecule has 0 bridgehead atoms. The minimum Gasteiger partial charge on any atom is -0.496 e. The van der Waals surface area contributed by atoms with Crippen LogP contribution in [0.4, 0.5) is 0 Å². The molecular formula is C15H23NO3S. The number of methoxy groups -OCH3 is 1. The van der Waals surface area contributed by atoms with Crippen LogP contribution in [0.2, 0.25) is 0 Å². The number of aliphatic carboxylic acids is 1. The first kappa shape index (κ1) is 16.9. The number of ether oxygens (including phenoxy) is 1. The minimum atomic E-state index is -0.791. The highest BCUT2D eigenvalue weighted by Gasteiger charge is 2.16. The largest absolute Gasteiger partial charge is 0.496 e. The van der Waals surface area contributed by atoms with Crippen LogP contribution in [-0.4, -0.2) is 36.2 Å². The van der Waals surface area contributed by atoms with Crippen molar-refractivity contribution in [3.05, 3.63) is 28.8 Å². The molecule has 5 heteroatoms. The molecular weight excluding hydrogens is 274 g/mol. The van der Waals surface area contributed by atoms with Gasteiger partial charge in [0, 0.05) is 6.54 Å². The van der Waals surface area contributed by atoms with Crippen LogP contribution in [-0.2, 0) is 11.3 Å². The molecule has 1 rings (SSSR count). The fourth-order valence-corrected chi connectivity index (χ4v) is 2.72. The maximum Gasteiger partial charge on any atom is 0.320 e. The van der Waals surface area contributed by atoms with E-state index >= 15 is 0 Å². The highest BCUT2D eigenvalue weighted by atomic mass is 32.2. The number of carboxylic acid groups (broad SMARTS) is 1. The number of aryl methyl sites for hydroxylation is 2. The number of hydrogen-bond donors (Lipinski definition) is 2. The monoisotopic (exact) mass is 297 g/mol. The average Bonchev–Trinajstić information content (AvgIpc) is 2.38.